The highest BCUT2D eigenvalue weighted by Crippen LogP contribution is 2.30. The van der Waals surface area contributed by atoms with Crippen LogP contribution in [0.15, 0.2) is 5.38 Å². The van der Waals surface area contributed by atoms with E-state index >= 15 is 0 Å². The molecule has 0 spiro atoms. The molecule has 0 radical (unpaired) electrons. The standard InChI is InChI=1S/C6H8N2O2S/c1-8-6(10)5-4(9)3(7)2-11-5/h2,9H,7H2,1H3,(H,8,10). The number of rotatable bonds is 1. The van der Waals surface area contributed by atoms with E-state index in [1.165, 1.54) is 12.4 Å². The van der Waals surface area contributed by atoms with E-state index in [0.29, 0.717) is 0 Å². The molecule has 1 heterocycles. The Morgan fingerprint density at radius 2 is 2.45 bits per heavy atom. The van der Waals surface area contributed by atoms with E-state index in [4.69, 9.17) is 10.8 Å². The van der Waals surface area contributed by atoms with Gasteiger partial charge in [0.25, 0.3) is 5.91 Å². The smallest absolute Gasteiger partial charge is 0.264 e. The zero-order valence-corrected chi connectivity index (χ0v) is 6.73. The Bertz CT molecular complexity index is 282. The molecule has 0 aliphatic heterocycles. The Balaban J connectivity index is 3.04. The Hall–Kier alpha value is -1.23. The summed E-state index contributed by atoms with van der Waals surface area (Å²) < 4.78 is 0. The molecule has 1 rings (SSSR count). The molecule has 0 aliphatic carbocycles. The molecule has 1 aromatic heterocycles. The van der Waals surface area contributed by atoms with Gasteiger partial charge in [-0.25, -0.2) is 0 Å². The molecule has 0 saturated carbocycles. The van der Waals surface area contributed by atoms with Crippen LogP contribution in [0.3, 0.4) is 0 Å². The van der Waals surface area contributed by atoms with E-state index in [0.717, 1.165) is 11.3 Å². The maximum absolute atomic E-state index is 10.9. The van der Waals surface area contributed by atoms with Crippen LogP contribution in [0, 0.1) is 0 Å². The molecule has 0 aliphatic rings. The van der Waals surface area contributed by atoms with Crippen molar-refractivity contribution in [3.63, 3.8) is 0 Å². The summed E-state index contributed by atoms with van der Waals surface area (Å²) in [4.78, 5) is 11.2. The topological polar surface area (TPSA) is 75.4 Å². The van der Waals surface area contributed by atoms with Crippen LogP contribution in [-0.2, 0) is 0 Å². The van der Waals surface area contributed by atoms with Crippen LogP contribution in [0.25, 0.3) is 0 Å². The second-order valence-corrected chi connectivity index (χ2v) is 2.83. The largest absolute Gasteiger partial charge is 0.504 e. The molecule has 0 bridgehead atoms. The van der Waals surface area contributed by atoms with Gasteiger partial charge in [-0.05, 0) is 0 Å². The van der Waals surface area contributed by atoms with Crippen LogP contribution in [0.2, 0.25) is 0 Å². The van der Waals surface area contributed by atoms with Crippen molar-refractivity contribution >= 4 is 22.9 Å². The van der Waals surface area contributed by atoms with Gasteiger partial charge in [-0.1, -0.05) is 0 Å². The Kier molecular flexibility index (Phi) is 2.00. The molecular formula is C6H8N2O2S. The maximum Gasteiger partial charge on any atom is 0.264 e. The van der Waals surface area contributed by atoms with E-state index < -0.39 is 0 Å². The number of nitrogens with one attached hydrogen (secondary N) is 1. The Labute approximate surface area is 67.6 Å². The van der Waals surface area contributed by atoms with Crippen molar-refractivity contribution in [2.24, 2.45) is 0 Å². The molecule has 0 unspecified atom stereocenters. The lowest BCUT2D eigenvalue weighted by Crippen LogP contribution is -2.16. The summed E-state index contributed by atoms with van der Waals surface area (Å²) in [5.74, 6) is -0.446. The highest BCUT2D eigenvalue weighted by atomic mass is 32.1. The van der Waals surface area contributed by atoms with Gasteiger partial charge < -0.3 is 16.2 Å². The molecule has 1 amide bonds. The van der Waals surface area contributed by atoms with E-state index in [9.17, 15) is 4.79 Å². The van der Waals surface area contributed by atoms with Crippen molar-refractivity contribution in [1.82, 2.24) is 5.32 Å². The summed E-state index contributed by atoms with van der Waals surface area (Å²) in [6.07, 6.45) is 0. The number of carbonyl (C=O) groups is 1. The zero-order valence-electron chi connectivity index (χ0n) is 5.92. The average Bonchev–Trinajstić information content (AvgIpc) is 2.32. The Morgan fingerprint density at radius 3 is 2.82 bits per heavy atom. The monoisotopic (exact) mass is 172 g/mol. The van der Waals surface area contributed by atoms with Crippen LogP contribution in [0.4, 0.5) is 5.69 Å². The second-order valence-electron chi connectivity index (χ2n) is 1.95. The van der Waals surface area contributed by atoms with Crippen LogP contribution >= 0.6 is 11.3 Å². The zero-order chi connectivity index (χ0) is 8.43. The van der Waals surface area contributed by atoms with Crippen LogP contribution in [-0.4, -0.2) is 18.1 Å². The quantitative estimate of drug-likeness (QED) is 0.573. The molecule has 0 atom stereocenters. The molecule has 60 valence electrons. The summed E-state index contributed by atoms with van der Waals surface area (Å²) in [6, 6.07) is 0. The van der Waals surface area contributed by atoms with Gasteiger partial charge in [0.05, 0.1) is 5.69 Å². The minimum absolute atomic E-state index is 0.130. The number of nitrogen functional groups attached to an aromatic ring is 1. The van der Waals surface area contributed by atoms with Crippen molar-refractivity contribution < 1.29 is 9.90 Å². The lowest BCUT2D eigenvalue weighted by molar-refractivity contribution is 0.0965. The minimum Gasteiger partial charge on any atom is -0.504 e. The molecule has 0 fully saturated rings. The third-order valence-electron chi connectivity index (χ3n) is 1.23. The molecule has 0 aromatic carbocycles. The van der Waals surface area contributed by atoms with E-state index in [1.807, 2.05) is 0 Å². The van der Waals surface area contributed by atoms with Gasteiger partial charge in [0.2, 0.25) is 0 Å². The van der Waals surface area contributed by atoms with Gasteiger partial charge in [-0.15, -0.1) is 11.3 Å². The molecule has 4 nitrogen and oxygen atoms in total. The van der Waals surface area contributed by atoms with E-state index in [1.54, 1.807) is 0 Å². The molecule has 11 heavy (non-hydrogen) atoms. The van der Waals surface area contributed by atoms with Crippen molar-refractivity contribution in [2.45, 2.75) is 0 Å². The first kappa shape index (κ1) is 7.87. The Morgan fingerprint density at radius 1 is 1.82 bits per heavy atom. The molecule has 1 aromatic rings. The highest BCUT2D eigenvalue weighted by Gasteiger charge is 2.13. The van der Waals surface area contributed by atoms with E-state index in [2.05, 4.69) is 5.32 Å². The summed E-state index contributed by atoms with van der Waals surface area (Å²) in [7, 11) is 1.50. The summed E-state index contributed by atoms with van der Waals surface area (Å²) in [5, 5.41) is 13.1. The lowest BCUT2D eigenvalue weighted by Gasteiger charge is -1.95. The lowest BCUT2D eigenvalue weighted by atomic mass is 10.4. The summed E-state index contributed by atoms with van der Waals surface area (Å²) in [6.45, 7) is 0. The predicted molar refractivity (Wildman–Crippen MR) is 43.8 cm³/mol. The van der Waals surface area contributed by atoms with Crippen molar-refractivity contribution in [3.05, 3.63) is 10.3 Å². The fourth-order valence-electron chi connectivity index (χ4n) is 0.640. The third-order valence-corrected chi connectivity index (χ3v) is 2.21. The molecule has 4 N–H and O–H groups in total. The fraction of sp³-hybridized carbons (Fsp3) is 0.167. The van der Waals surface area contributed by atoms with Gasteiger partial charge in [0, 0.05) is 12.4 Å². The van der Waals surface area contributed by atoms with Crippen molar-refractivity contribution in [3.8, 4) is 5.75 Å². The second kappa shape index (κ2) is 2.79. The fourth-order valence-corrected chi connectivity index (χ4v) is 1.43. The number of amides is 1. The van der Waals surface area contributed by atoms with Crippen LogP contribution in [0.1, 0.15) is 9.67 Å². The number of aromatic hydroxyl groups is 1. The third kappa shape index (κ3) is 1.27. The highest BCUT2D eigenvalue weighted by molar-refractivity contribution is 7.13. The van der Waals surface area contributed by atoms with Gasteiger partial charge in [-0.2, -0.15) is 0 Å². The molecule has 0 saturated heterocycles. The minimum atomic E-state index is -0.316. The maximum atomic E-state index is 10.9. The van der Waals surface area contributed by atoms with Gasteiger partial charge in [0.1, 0.15) is 4.88 Å². The number of hydrogen-bond donors (Lipinski definition) is 3. The summed E-state index contributed by atoms with van der Waals surface area (Å²) >= 11 is 1.12. The number of hydrogen-bond acceptors (Lipinski definition) is 4. The van der Waals surface area contributed by atoms with Crippen molar-refractivity contribution in [2.75, 3.05) is 12.8 Å². The SMILES string of the molecule is CNC(=O)c1scc(N)c1O. The van der Waals surface area contributed by atoms with Crippen LogP contribution < -0.4 is 11.1 Å². The number of anilines is 1. The van der Waals surface area contributed by atoms with Gasteiger partial charge >= 0.3 is 0 Å². The van der Waals surface area contributed by atoms with Gasteiger partial charge in [0.15, 0.2) is 5.75 Å². The predicted octanol–water partition coefficient (Wildman–Crippen LogP) is 0.396. The first-order valence-corrected chi connectivity index (χ1v) is 3.82. The van der Waals surface area contributed by atoms with Gasteiger partial charge in [-0.3, -0.25) is 4.79 Å². The first-order chi connectivity index (χ1) is 5.16. The molecule has 5 heteroatoms. The molecular weight excluding hydrogens is 164 g/mol. The summed E-state index contributed by atoms with van der Waals surface area (Å²) in [5.41, 5.74) is 5.56. The number of thiophene rings is 1. The van der Waals surface area contributed by atoms with Crippen LogP contribution in [0.5, 0.6) is 5.75 Å². The number of carbonyl (C=O) groups excluding carboxylic acids is 1. The normalized spacial score (nSPS) is 9.55. The van der Waals surface area contributed by atoms with Crippen molar-refractivity contribution in [1.29, 1.82) is 0 Å². The average molecular weight is 172 g/mol. The first-order valence-electron chi connectivity index (χ1n) is 2.94. The number of nitrogens with two attached hydrogens (primary N) is 1. The van der Waals surface area contributed by atoms with E-state index in [-0.39, 0.29) is 22.2 Å².